The zero-order chi connectivity index (χ0) is 16.4. The van der Waals surface area contributed by atoms with Gasteiger partial charge >= 0.3 is 0 Å². The van der Waals surface area contributed by atoms with Gasteiger partial charge < -0.3 is 4.98 Å². The molecule has 1 unspecified atom stereocenters. The first-order chi connectivity index (χ1) is 12.3. The van der Waals surface area contributed by atoms with E-state index in [1.165, 1.54) is 0 Å². The van der Waals surface area contributed by atoms with Crippen LogP contribution in [0.1, 0.15) is 0 Å². The average Bonchev–Trinajstić information content (AvgIpc) is 3.37. The molecule has 5 heteroatoms. The highest BCUT2D eigenvalue weighted by Gasteiger charge is 2.09. The maximum absolute atomic E-state index is 4.78. The molecule has 2 aliphatic heterocycles. The Hall–Kier alpha value is -3.47. The van der Waals surface area contributed by atoms with E-state index in [0.29, 0.717) is 0 Å². The van der Waals surface area contributed by atoms with Crippen molar-refractivity contribution in [2.45, 2.75) is 6.04 Å². The standard InChI is InChI=1S/C20H15N5/c1-2-14-10-18-7-8-20-12-16-4-3-15(22-16)11-19-6-5-17(9-13(1)21-14)24(19)23-25(18)20/h1-13,22-23H/b17-9-,18-10-,19-11?,20-12?. The number of nitrogens with zero attached hydrogens (tertiary/aromatic N) is 3. The van der Waals surface area contributed by atoms with Crippen molar-refractivity contribution in [2.24, 2.45) is 4.99 Å². The summed E-state index contributed by atoms with van der Waals surface area (Å²) in [5.41, 5.74) is 5.32. The molecule has 6 heterocycles. The molecule has 25 heavy (non-hydrogen) atoms. The molecule has 0 aliphatic carbocycles. The van der Waals surface area contributed by atoms with Crippen LogP contribution >= 0.6 is 0 Å². The van der Waals surface area contributed by atoms with E-state index in [1.807, 2.05) is 0 Å². The molecular weight excluding hydrogens is 310 g/mol. The summed E-state index contributed by atoms with van der Waals surface area (Å²) in [6.07, 6.45) is 8.50. The van der Waals surface area contributed by atoms with Crippen molar-refractivity contribution in [1.82, 2.24) is 19.2 Å². The molecule has 0 fully saturated rings. The lowest BCUT2D eigenvalue weighted by Crippen LogP contribution is -2.20. The molecule has 0 spiro atoms. The fourth-order valence-electron chi connectivity index (χ4n) is 3.61. The monoisotopic (exact) mass is 325 g/mol. The minimum absolute atomic E-state index is 0.0760. The van der Waals surface area contributed by atoms with E-state index in [1.54, 1.807) is 0 Å². The van der Waals surface area contributed by atoms with E-state index >= 15 is 0 Å². The third-order valence-electron chi connectivity index (χ3n) is 4.82. The number of nitrogens with one attached hydrogen (secondary N) is 2. The first-order valence-corrected chi connectivity index (χ1v) is 8.36. The molecule has 5 nitrogen and oxygen atoms in total. The van der Waals surface area contributed by atoms with E-state index in [2.05, 4.69) is 92.1 Å². The van der Waals surface area contributed by atoms with Crippen molar-refractivity contribution in [3.05, 3.63) is 71.4 Å². The van der Waals surface area contributed by atoms with Gasteiger partial charge in [-0.05, 0) is 66.8 Å². The molecule has 0 saturated heterocycles. The summed E-state index contributed by atoms with van der Waals surface area (Å²) >= 11 is 0. The highest BCUT2D eigenvalue weighted by Crippen LogP contribution is 2.11. The maximum Gasteiger partial charge on any atom is 0.0895 e. The fraction of sp³-hybridized carbons (Fsp3) is 0.0500. The number of hydrogen-bond acceptors (Lipinski definition) is 1. The summed E-state index contributed by atoms with van der Waals surface area (Å²) in [6.45, 7) is 0. The second kappa shape index (κ2) is 4.54. The number of H-pyrrole nitrogens is 2. The van der Waals surface area contributed by atoms with Gasteiger partial charge in [-0.15, -0.1) is 0 Å². The molecule has 4 aromatic heterocycles. The highest BCUT2D eigenvalue weighted by atomic mass is 15.4. The molecule has 4 aromatic rings. The first-order valence-electron chi connectivity index (χ1n) is 8.36. The lowest BCUT2D eigenvalue weighted by molar-refractivity contribution is 0.744. The maximum atomic E-state index is 4.78. The number of aromatic amines is 2. The van der Waals surface area contributed by atoms with E-state index in [9.17, 15) is 0 Å². The normalized spacial score (nSPS) is 20.6. The van der Waals surface area contributed by atoms with Gasteiger partial charge in [-0.3, -0.25) is 4.99 Å². The van der Waals surface area contributed by atoms with Gasteiger partial charge in [-0.25, -0.2) is 14.2 Å². The number of fused-ring (bicyclic) bond motifs is 3. The molecule has 0 saturated carbocycles. The SMILES string of the molecule is C1=CC2/C=c3/ccc4cc5ccc(cc6cc/c(n6[nH]n34)=C/C1=N2)[nH]5. The quantitative estimate of drug-likeness (QED) is 0.497. The second-order valence-electron chi connectivity index (χ2n) is 6.51. The van der Waals surface area contributed by atoms with E-state index in [-0.39, 0.29) is 6.04 Å². The molecule has 2 N–H and O–H groups in total. The molecule has 6 bridgehead atoms. The van der Waals surface area contributed by atoms with Crippen LogP contribution in [0.4, 0.5) is 0 Å². The zero-order valence-corrected chi connectivity index (χ0v) is 13.3. The zero-order valence-electron chi connectivity index (χ0n) is 13.3. The molecule has 120 valence electrons. The Morgan fingerprint density at radius 3 is 2.36 bits per heavy atom. The van der Waals surface area contributed by atoms with Crippen LogP contribution in [-0.2, 0) is 0 Å². The summed E-state index contributed by atoms with van der Waals surface area (Å²) in [5, 5.41) is 5.71. The Balaban J connectivity index is 1.96. The Morgan fingerprint density at radius 1 is 0.840 bits per heavy atom. The lowest BCUT2D eigenvalue weighted by atomic mass is 10.3. The van der Waals surface area contributed by atoms with Crippen molar-refractivity contribution >= 4 is 39.9 Å². The van der Waals surface area contributed by atoms with Crippen LogP contribution < -0.4 is 10.7 Å². The van der Waals surface area contributed by atoms with Crippen LogP contribution in [0.25, 0.3) is 34.2 Å². The fourth-order valence-corrected chi connectivity index (χ4v) is 3.61. The molecule has 0 aromatic carbocycles. The van der Waals surface area contributed by atoms with Crippen LogP contribution in [0.2, 0.25) is 0 Å². The number of aliphatic imine (C=N–C) groups is 1. The van der Waals surface area contributed by atoms with Crippen molar-refractivity contribution in [3.8, 4) is 0 Å². The number of allylic oxidation sites excluding steroid dienone is 1. The Labute approximate surface area is 142 Å². The summed E-state index contributed by atoms with van der Waals surface area (Å²) in [4.78, 5) is 8.23. The third-order valence-corrected chi connectivity index (χ3v) is 4.82. The van der Waals surface area contributed by atoms with Gasteiger partial charge in [0.1, 0.15) is 0 Å². The van der Waals surface area contributed by atoms with Crippen LogP contribution in [0.3, 0.4) is 0 Å². The Morgan fingerprint density at radius 2 is 1.56 bits per heavy atom. The molecule has 2 aliphatic rings. The van der Waals surface area contributed by atoms with Gasteiger partial charge in [0.25, 0.3) is 0 Å². The summed E-state index contributed by atoms with van der Waals surface area (Å²) in [6, 6.07) is 17.0. The first kappa shape index (κ1) is 12.9. The summed E-state index contributed by atoms with van der Waals surface area (Å²) in [5.74, 6) is 0. The van der Waals surface area contributed by atoms with Gasteiger partial charge in [0.15, 0.2) is 0 Å². The van der Waals surface area contributed by atoms with Gasteiger partial charge in [0, 0.05) is 11.0 Å². The minimum Gasteiger partial charge on any atom is -0.355 e. The predicted molar refractivity (Wildman–Crippen MR) is 101 cm³/mol. The van der Waals surface area contributed by atoms with Crippen LogP contribution in [-0.4, -0.2) is 31.0 Å². The van der Waals surface area contributed by atoms with Crippen molar-refractivity contribution in [1.29, 1.82) is 0 Å². The average molecular weight is 325 g/mol. The number of rotatable bonds is 0. The number of hydrogen-bond donors (Lipinski definition) is 2. The minimum atomic E-state index is 0.0760. The molecular formula is C20H15N5. The highest BCUT2D eigenvalue weighted by molar-refractivity contribution is 6.18. The van der Waals surface area contributed by atoms with Gasteiger partial charge in [0.2, 0.25) is 0 Å². The van der Waals surface area contributed by atoms with Crippen molar-refractivity contribution in [2.75, 3.05) is 0 Å². The predicted octanol–water partition coefficient (Wildman–Crippen LogP) is 2.08. The van der Waals surface area contributed by atoms with Gasteiger partial charge in [0.05, 0.1) is 33.5 Å². The Kier molecular flexibility index (Phi) is 2.34. The van der Waals surface area contributed by atoms with Gasteiger partial charge in [-0.1, -0.05) is 6.08 Å². The topological polar surface area (TPSA) is 52.8 Å². The van der Waals surface area contributed by atoms with Gasteiger partial charge in [-0.2, -0.15) is 0 Å². The third kappa shape index (κ3) is 1.92. The van der Waals surface area contributed by atoms with Crippen LogP contribution in [0, 0.1) is 0 Å². The second-order valence-corrected chi connectivity index (χ2v) is 6.51. The largest absolute Gasteiger partial charge is 0.355 e. The summed E-state index contributed by atoms with van der Waals surface area (Å²) < 4.78 is 4.20. The smallest absolute Gasteiger partial charge is 0.0895 e. The number of aromatic nitrogens is 4. The summed E-state index contributed by atoms with van der Waals surface area (Å²) in [7, 11) is 0. The molecule has 6 rings (SSSR count). The van der Waals surface area contributed by atoms with Crippen molar-refractivity contribution < 1.29 is 0 Å². The van der Waals surface area contributed by atoms with Crippen molar-refractivity contribution in [3.63, 3.8) is 0 Å². The van der Waals surface area contributed by atoms with E-state index in [4.69, 9.17) is 4.99 Å². The molecule has 0 amide bonds. The van der Waals surface area contributed by atoms with E-state index < -0.39 is 0 Å². The Bertz CT molecular complexity index is 1400. The van der Waals surface area contributed by atoms with Crippen LogP contribution in [0.15, 0.2) is 65.7 Å². The molecule has 0 radical (unpaired) electrons. The molecule has 1 atom stereocenters. The van der Waals surface area contributed by atoms with Crippen LogP contribution in [0.5, 0.6) is 0 Å². The van der Waals surface area contributed by atoms with E-state index in [0.717, 1.165) is 38.5 Å². The lowest BCUT2D eigenvalue weighted by Gasteiger charge is -2.02.